The number of allylic oxidation sites excluding steroid dienone is 2. The van der Waals surface area contributed by atoms with Crippen molar-refractivity contribution >= 4 is 8.32 Å². The first-order valence-electron chi connectivity index (χ1n) is 6.94. The molecule has 1 unspecified atom stereocenters. The number of hydrogen-bond acceptors (Lipinski definition) is 1. The Morgan fingerprint density at radius 3 is 2.42 bits per heavy atom. The van der Waals surface area contributed by atoms with Crippen molar-refractivity contribution in [3.63, 3.8) is 0 Å². The fraction of sp³-hybridized carbons (Fsp3) is 0.412. The summed E-state index contributed by atoms with van der Waals surface area (Å²) in [6, 6.07) is 10.5. The maximum absolute atomic E-state index is 6.45. The summed E-state index contributed by atoms with van der Waals surface area (Å²) >= 11 is 0. The molecule has 0 spiro atoms. The van der Waals surface area contributed by atoms with E-state index in [-0.39, 0.29) is 6.10 Å². The monoisotopic (exact) mass is 274 g/mol. The zero-order valence-electron chi connectivity index (χ0n) is 12.6. The molecule has 1 atom stereocenters. The Morgan fingerprint density at radius 1 is 1.26 bits per heavy atom. The van der Waals surface area contributed by atoms with E-state index in [1.807, 2.05) is 12.1 Å². The third-order valence-corrected chi connectivity index (χ3v) is 5.05. The summed E-state index contributed by atoms with van der Waals surface area (Å²) in [6.45, 7) is 12.6. The van der Waals surface area contributed by atoms with E-state index in [4.69, 9.17) is 4.43 Å². The Hall–Kier alpha value is -1.12. The van der Waals surface area contributed by atoms with Gasteiger partial charge in [0.05, 0.1) is 6.10 Å². The molecular formula is C17H26OSi. The minimum atomic E-state index is -1.76. The van der Waals surface area contributed by atoms with Crippen molar-refractivity contribution in [2.24, 2.45) is 0 Å². The zero-order valence-corrected chi connectivity index (χ0v) is 13.6. The molecule has 0 heterocycles. The summed E-state index contributed by atoms with van der Waals surface area (Å²) in [4.78, 5) is 0. The van der Waals surface area contributed by atoms with Crippen LogP contribution in [0.25, 0.3) is 0 Å². The average Bonchev–Trinajstić information content (AvgIpc) is 2.34. The third-order valence-electron chi connectivity index (χ3n) is 2.89. The molecule has 2 heteroatoms. The molecule has 0 radical (unpaired) electrons. The van der Waals surface area contributed by atoms with Crippen molar-refractivity contribution in [3.8, 4) is 0 Å². The van der Waals surface area contributed by atoms with Crippen LogP contribution in [0.15, 0.2) is 54.3 Å². The van der Waals surface area contributed by atoms with Gasteiger partial charge in [0.25, 0.3) is 0 Å². The zero-order chi connectivity index (χ0) is 14.3. The number of rotatable bonds is 7. The normalized spacial score (nSPS) is 12.8. The molecule has 0 aliphatic heterocycles. The average molecular weight is 274 g/mol. The van der Waals surface area contributed by atoms with Gasteiger partial charge in [0, 0.05) is 0 Å². The maximum Gasteiger partial charge on any atom is 0.211 e. The molecule has 0 amide bonds. The van der Waals surface area contributed by atoms with Gasteiger partial charge >= 0.3 is 0 Å². The molecule has 0 saturated heterocycles. The highest BCUT2D eigenvalue weighted by Gasteiger charge is 2.24. The molecule has 0 saturated carbocycles. The lowest BCUT2D eigenvalue weighted by Crippen LogP contribution is -2.30. The Bertz CT molecular complexity index is 416. The second kappa shape index (κ2) is 7.46. The first kappa shape index (κ1) is 15.9. The van der Waals surface area contributed by atoms with E-state index in [0.29, 0.717) is 0 Å². The fourth-order valence-corrected chi connectivity index (χ4v) is 4.77. The Labute approximate surface area is 119 Å². The highest BCUT2D eigenvalue weighted by Crippen LogP contribution is 2.27. The van der Waals surface area contributed by atoms with Gasteiger partial charge < -0.3 is 4.43 Å². The lowest BCUT2D eigenvalue weighted by molar-refractivity contribution is 0.191. The van der Waals surface area contributed by atoms with Crippen LogP contribution < -0.4 is 0 Å². The SMILES string of the molecule is C=CCCC(O[Si](C)(C)C=C(C)C)c1ccccc1. The van der Waals surface area contributed by atoms with Gasteiger partial charge in [-0.3, -0.25) is 0 Å². The largest absolute Gasteiger partial charge is 0.407 e. The van der Waals surface area contributed by atoms with Gasteiger partial charge in [0.15, 0.2) is 0 Å². The summed E-state index contributed by atoms with van der Waals surface area (Å²) in [7, 11) is -1.76. The van der Waals surface area contributed by atoms with Crippen LogP contribution >= 0.6 is 0 Å². The van der Waals surface area contributed by atoms with Crippen LogP contribution in [0, 0.1) is 0 Å². The molecule has 0 fully saturated rings. The van der Waals surface area contributed by atoms with E-state index in [1.54, 1.807) is 0 Å². The summed E-state index contributed by atoms with van der Waals surface area (Å²) in [5.74, 6) is 0. The topological polar surface area (TPSA) is 9.23 Å². The van der Waals surface area contributed by atoms with Gasteiger partial charge in [-0.15, -0.1) is 6.58 Å². The second-order valence-corrected chi connectivity index (χ2v) is 9.44. The number of hydrogen-bond donors (Lipinski definition) is 0. The third kappa shape index (κ3) is 6.04. The molecule has 1 nitrogen and oxygen atoms in total. The molecule has 19 heavy (non-hydrogen) atoms. The van der Waals surface area contributed by atoms with E-state index in [9.17, 15) is 0 Å². The molecule has 1 aromatic rings. The van der Waals surface area contributed by atoms with Gasteiger partial charge in [0.1, 0.15) is 0 Å². The van der Waals surface area contributed by atoms with Crippen molar-refractivity contribution in [1.29, 1.82) is 0 Å². The fourth-order valence-electron chi connectivity index (χ4n) is 2.33. The first-order valence-corrected chi connectivity index (χ1v) is 9.93. The highest BCUT2D eigenvalue weighted by atomic mass is 28.4. The highest BCUT2D eigenvalue weighted by molar-refractivity contribution is 6.76. The molecule has 1 aromatic carbocycles. The van der Waals surface area contributed by atoms with Crippen LogP contribution in [0.3, 0.4) is 0 Å². The van der Waals surface area contributed by atoms with Crippen molar-refractivity contribution < 1.29 is 4.43 Å². The van der Waals surface area contributed by atoms with Crippen LogP contribution in [0.5, 0.6) is 0 Å². The predicted molar refractivity (Wildman–Crippen MR) is 86.6 cm³/mol. The van der Waals surface area contributed by atoms with Crippen molar-refractivity contribution in [2.45, 2.75) is 45.9 Å². The van der Waals surface area contributed by atoms with Crippen molar-refractivity contribution in [3.05, 3.63) is 59.8 Å². The smallest absolute Gasteiger partial charge is 0.211 e. The molecule has 0 aliphatic carbocycles. The van der Waals surface area contributed by atoms with Crippen LogP contribution in [0.1, 0.15) is 38.4 Å². The molecule has 1 rings (SSSR count). The van der Waals surface area contributed by atoms with Crippen LogP contribution in [-0.2, 0) is 4.43 Å². The summed E-state index contributed by atoms with van der Waals surface area (Å²) in [6.07, 6.45) is 4.13. The van der Waals surface area contributed by atoms with Crippen LogP contribution in [-0.4, -0.2) is 8.32 Å². The molecule has 104 valence electrons. The van der Waals surface area contributed by atoms with Gasteiger partial charge in [0.2, 0.25) is 8.32 Å². The minimum absolute atomic E-state index is 0.177. The summed E-state index contributed by atoms with van der Waals surface area (Å²) in [5, 5.41) is 0. The van der Waals surface area contributed by atoms with Crippen molar-refractivity contribution in [1.82, 2.24) is 0 Å². The minimum Gasteiger partial charge on any atom is -0.407 e. The van der Waals surface area contributed by atoms with E-state index < -0.39 is 8.32 Å². The van der Waals surface area contributed by atoms with E-state index in [2.05, 4.69) is 63.5 Å². The Balaban J connectivity index is 2.86. The quantitative estimate of drug-likeness (QED) is 0.476. The molecular weight excluding hydrogens is 248 g/mol. The lowest BCUT2D eigenvalue weighted by Gasteiger charge is -2.28. The first-order chi connectivity index (χ1) is 8.94. The number of benzene rings is 1. The van der Waals surface area contributed by atoms with Gasteiger partial charge in [-0.1, -0.05) is 47.7 Å². The summed E-state index contributed by atoms with van der Waals surface area (Å²) < 4.78 is 6.45. The van der Waals surface area contributed by atoms with Gasteiger partial charge in [-0.25, -0.2) is 0 Å². The molecule has 0 aliphatic rings. The van der Waals surface area contributed by atoms with Crippen molar-refractivity contribution in [2.75, 3.05) is 0 Å². The van der Waals surface area contributed by atoms with Crippen LogP contribution in [0.2, 0.25) is 13.1 Å². The Morgan fingerprint density at radius 2 is 1.89 bits per heavy atom. The van der Waals surface area contributed by atoms with E-state index >= 15 is 0 Å². The predicted octanol–water partition coefficient (Wildman–Crippen LogP) is 5.42. The van der Waals surface area contributed by atoms with E-state index in [0.717, 1.165) is 12.8 Å². The van der Waals surface area contributed by atoms with Gasteiger partial charge in [-0.2, -0.15) is 0 Å². The maximum atomic E-state index is 6.45. The standard InChI is InChI=1S/C17H26OSi/c1-6-7-13-17(16-11-9-8-10-12-16)18-19(4,5)14-15(2)3/h6,8-12,14,17H,1,7,13H2,2-5H3. The Kier molecular flexibility index (Phi) is 6.26. The molecule has 0 N–H and O–H groups in total. The van der Waals surface area contributed by atoms with E-state index in [1.165, 1.54) is 11.1 Å². The van der Waals surface area contributed by atoms with Crippen LogP contribution in [0.4, 0.5) is 0 Å². The summed E-state index contributed by atoms with van der Waals surface area (Å²) in [5.41, 5.74) is 4.93. The van der Waals surface area contributed by atoms with Gasteiger partial charge in [-0.05, 0) is 45.3 Å². The molecule has 0 bridgehead atoms. The lowest BCUT2D eigenvalue weighted by atomic mass is 10.1. The second-order valence-electron chi connectivity index (χ2n) is 5.71. The molecule has 0 aromatic heterocycles.